The Kier molecular flexibility index (Phi) is 7.59. The van der Waals surface area contributed by atoms with E-state index in [9.17, 15) is 4.79 Å². The average Bonchev–Trinajstić information content (AvgIpc) is 3.11. The third-order valence-electron chi connectivity index (χ3n) is 4.83. The summed E-state index contributed by atoms with van der Waals surface area (Å²) in [7, 11) is 1.50. The number of nitrogens with two attached hydrogens (primary N) is 1. The average molecular weight is 430 g/mol. The van der Waals surface area contributed by atoms with Crippen LogP contribution in [0.25, 0.3) is 22.1 Å². The molecule has 0 saturated carbocycles. The molecule has 0 aliphatic heterocycles. The number of anilines is 1. The van der Waals surface area contributed by atoms with E-state index in [1.165, 1.54) is 12.2 Å². The van der Waals surface area contributed by atoms with Crippen LogP contribution in [0.2, 0.25) is 0 Å². The van der Waals surface area contributed by atoms with Gasteiger partial charge in [-0.1, -0.05) is 0 Å². The van der Waals surface area contributed by atoms with Crippen molar-refractivity contribution in [2.24, 2.45) is 0 Å². The molecule has 0 bridgehead atoms. The molecule has 0 radical (unpaired) electrons. The fourth-order valence-corrected chi connectivity index (χ4v) is 3.43. The van der Waals surface area contributed by atoms with Crippen molar-refractivity contribution in [2.75, 3.05) is 26.0 Å². The quantitative estimate of drug-likeness (QED) is 0.375. The molecule has 10 heteroatoms. The Hall–Kier alpha value is -2.98. The Morgan fingerprint density at radius 2 is 2.10 bits per heavy atom. The first kappa shape index (κ1) is 22.7. The first-order chi connectivity index (χ1) is 15.0. The van der Waals surface area contributed by atoms with E-state index in [2.05, 4.69) is 19.9 Å². The molecule has 3 N–H and O–H groups in total. The topological polar surface area (TPSA) is 120 Å². The maximum absolute atomic E-state index is 12.2. The third kappa shape index (κ3) is 5.20. The first-order valence-corrected chi connectivity index (χ1v) is 10.5. The van der Waals surface area contributed by atoms with Gasteiger partial charge in [0.15, 0.2) is 5.82 Å². The molecule has 0 fully saturated rings. The zero-order chi connectivity index (χ0) is 22.4. The van der Waals surface area contributed by atoms with Crippen molar-refractivity contribution in [2.45, 2.75) is 52.8 Å². The number of ether oxygens (including phenoxy) is 1. The van der Waals surface area contributed by atoms with E-state index in [0.29, 0.717) is 37.6 Å². The maximum atomic E-state index is 12.2. The van der Waals surface area contributed by atoms with Gasteiger partial charge < -0.3 is 20.4 Å². The van der Waals surface area contributed by atoms with Crippen molar-refractivity contribution in [3.05, 3.63) is 24.2 Å². The Bertz CT molecular complexity index is 1030. The number of hydrogen-bond acceptors (Lipinski definition) is 7. The van der Waals surface area contributed by atoms with Crippen molar-refractivity contribution in [1.82, 2.24) is 29.9 Å². The highest BCUT2D eigenvalue weighted by molar-refractivity contribution is 6.04. The minimum absolute atomic E-state index is 0.0448. The monoisotopic (exact) mass is 429 g/mol. The molecule has 2 amide bonds. The Labute approximate surface area is 181 Å². The summed E-state index contributed by atoms with van der Waals surface area (Å²) in [5.41, 5.74) is 9.18. The van der Waals surface area contributed by atoms with Gasteiger partial charge in [-0.15, -0.1) is 0 Å². The van der Waals surface area contributed by atoms with Gasteiger partial charge in [-0.25, -0.2) is 19.8 Å². The Morgan fingerprint density at radius 1 is 1.29 bits per heavy atom. The van der Waals surface area contributed by atoms with Crippen LogP contribution >= 0.6 is 0 Å². The number of hydroxylamine groups is 2. The summed E-state index contributed by atoms with van der Waals surface area (Å²) >= 11 is 0. The number of urea groups is 1. The number of imidazole rings is 1. The summed E-state index contributed by atoms with van der Waals surface area (Å²) in [5, 5.41) is 4.17. The second-order valence-electron chi connectivity index (χ2n) is 7.48. The zero-order valence-corrected chi connectivity index (χ0v) is 18.6. The minimum Gasteiger partial charge on any atom is -0.382 e. The molecule has 31 heavy (non-hydrogen) atoms. The van der Waals surface area contributed by atoms with Gasteiger partial charge in [-0.05, 0) is 45.7 Å². The molecule has 0 aliphatic carbocycles. The molecular weight excluding hydrogens is 398 g/mol. The van der Waals surface area contributed by atoms with Gasteiger partial charge in [0.2, 0.25) is 0 Å². The van der Waals surface area contributed by atoms with Crippen LogP contribution in [0.4, 0.5) is 10.6 Å². The van der Waals surface area contributed by atoms with Gasteiger partial charge in [0.1, 0.15) is 29.0 Å². The number of hydrogen-bond donors (Lipinski definition) is 2. The van der Waals surface area contributed by atoms with Crippen molar-refractivity contribution >= 4 is 33.9 Å². The largest absolute Gasteiger partial charge is 0.382 e. The van der Waals surface area contributed by atoms with Crippen LogP contribution in [0.3, 0.4) is 0 Å². The van der Waals surface area contributed by atoms with Crippen LogP contribution in [0.5, 0.6) is 0 Å². The molecule has 3 aromatic rings. The van der Waals surface area contributed by atoms with Crippen LogP contribution in [-0.2, 0) is 22.7 Å². The predicted molar refractivity (Wildman–Crippen MR) is 119 cm³/mol. The maximum Gasteiger partial charge on any atom is 0.341 e. The van der Waals surface area contributed by atoms with E-state index in [1.54, 1.807) is 6.20 Å². The van der Waals surface area contributed by atoms with E-state index in [1.807, 2.05) is 32.9 Å². The van der Waals surface area contributed by atoms with E-state index in [-0.39, 0.29) is 12.1 Å². The second kappa shape index (κ2) is 10.4. The highest BCUT2D eigenvalue weighted by Crippen LogP contribution is 2.28. The third-order valence-corrected chi connectivity index (χ3v) is 4.83. The number of fused-ring (bicyclic) bond motifs is 3. The fourth-order valence-electron chi connectivity index (χ4n) is 3.43. The smallest absolute Gasteiger partial charge is 0.341 e. The summed E-state index contributed by atoms with van der Waals surface area (Å²) in [4.78, 5) is 31.1. The van der Waals surface area contributed by atoms with Gasteiger partial charge in [-0.2, -0.15) is 0 Å². The normalized spacial score (nSPS) is 11.5. The number of pyridine rings is 2. The van der Waals surface area contributed by atoms with Gasteiger partial charge in [0, 0.05) is 25.4 Å². The molecule has 0 aromatic carbocycles. The molecule has 3 heterocycles. The van der Waals surface area contributed by atoms with Crippen LogP contribution in [0, 0.1) is 0 Å². The number of aromatic nitrogens is 4. The van der Waals surface area contributed by atoms with E-state index in [4.69, 9.17) is 20.3 Å². The number of aryl methyl sites for hydroxylation is 1. The van der Waals surface area contributed by atoms with E-state index in [0.717, 1.165) is 35.2 Å². The number of carbonyl (C=O) groups is 1. The van der Waals surface area contributed by atoms with E-state index >= 15 is 0 Å². The molecule has 168 valence electrons. The Balaban J connectivity index is 1.82. The lowest BCUT2D eigenvalue weighted by Crippen LogP contribution is -2.42. The fraction of sp³-hybridized carbons (Fsp3) is 0.524. The number of amides is 2. The molecule has 3 rings (SSSR count). The first-order valence-electron chi connectivity index (χ1n) is 10.5. The number of carbonyl (C=O) groups excluding carboxylic acids is 1. The minimum atomic E-state index is -0.239. The predicted octanol–water partition coefficient (Wildman–Crippen LogP) is 2.86. The lowest BCUT2D eigenvalue weighted by Gasteiger charge is -2.21. The van der Waals surface area contributed by atoms with Crippen LogP contribution in [-0.4, -0.2) is 56.9 Å². The summed E-state index contributed by atoms with van der Waals surface area (Å²) in [5.74, 6) is 1.16. The molecule has 0 unspecified atom stereocenters. The summed E-state index contributed by atoms with van der Waals surface area (Å²) in [6.07, 6.45) is 3.29. The molecule has 0 spiro atoms. The van der Waals surface area contributed by atoms with Gasteiger partial charge in [0.05, 0.1) is 19.2 Å². The van der Waals surface area contributed by atoms with Gasteiger partial charge >= 0.3 is 6.03 Å². The van der Waals surface area contributed by atoms with Crippen molar-refractivity contribution in [3.63, 3.8) is 0 Å². The number of rotatable bonds is 10. The molecule has 0 saturated heterocycles. The van der Waals surface area contributed by atoms with Crippen molar-refractivity contribution in [1.29, 1.82) is 0 Å². The molecule has 10 nitrogen and oxygen atoms in total. The lowest BCUT2D eigenvalue weighted by atomic mass is 10.2. The SMILES string of the molecule is CCOCc1nc2c(N)nc3cccnc3c2n1CCCCN(OC)C(=O)NC(C)C. The summed E-state index contributed by atoms with van der Waals surface area (Å²) in [6.45, 7) is 7.89. The van der Waals surface area contributed by atoms with Gasteiger partial charge in [-0.3, -0.25) is 9.82 Å². The molecule has 0 aliphatic rings. The molecule has 3 aromatic heterocycles. The summed E-state index contributed by atoms with van der Waals surface area (Å²) in [6, 6.07) is 3.53. The number of unbranched alkanes of at least 4 members (excludes halogenated alkanes) is 1. The van der Waals surface area contributed by atoms with Crippen LogP contribution in [0.1, 0.15) is 39.4 Å². The van der Waals surface area contributed by atoms with Crippen LogP contribution < -0.4 is 11.1 Å². The van der Waals surface area contributed by atoms with Crippen LogP contribution in [0.15, 0.2) is 18.3 Å². The lowest BCUT2D eigenvalue weighted by molar-refractivity contribution is -0.0874. The molecule has 0 atom stereocenters. The standard InChI is InChI=1S/C21H31N7O3/c1-5-31-13-16-26-18-19(17-15(25-20(18)22)9-8-10-23-17)27(16)11-6-7-12-28(30-4)21(29)24-14(2)3/h8-10,14H,5-7,11-13H2,1-4H3,(H2,22,25)(H,24,29). The second-order valence-corrected chi connectivity index (χ2v) is 7.48. The highest BCUT2D eigenvalue weighted by atomic mass is 16.7. The highest BCUT2D eigenvalue weighted by Gasteiger charge is 2.19. The zero-order valence-electron chi connectivity index (χ0n) is 18.6. The van der Waals surface area contributed by atoms with Gasteiger partial charge in [0.25, 0.3) is 0 Å². The summed E-state index contributed by atoms with van der Waals surface area (Å²) < 4.78 is 7.73. The number of nitrogens with one attached hydrogen (secondary N) is 1. The Morgan fingerprint density at radius 3 is 2.81 bits per heavy atom. The number of nitrogen functional groups attached to an aromatic ring is 1. The number of nitrogens with zero attached hydrogens (tertiary/aromatic N) is 5. The van der Waals surface area contributed by atoms with Crippen molar-refractivity contribution < 1.29 is 14.4 Å². The molecular formula is C21H31N7O3. The van der Waals surface area contributed by atoms with Crippen molar-refractivity contribution in [3.8, 4) is 0 Å². The van der Waals surface area contributed by atoms with E-state index < -0.39 is 0 Å².